The third kappa shape index (κ3) is 1.94. The van der Waals surface area contributed by atoms with Gasteiger partial charge in [-0.05, 0) is 32.0 Å². The average Bonchev–Trinajstić information content (AvgIpc) is 2.05. The average molecular weight is 214 g/mol. The maximum atomic E-state index is 5.91. The lowest BCUT2D eigenvalue weighted by molar-refractivity contribution is 0.637. The molecule has 1 heterocycles. The molecule has 0 aliphatic carbocycles. The summed E-state index contributed by atoms with van der Waals surface area (Å²) in [5.41, 5.74) is 1.39. The summed E-state index contributed by atoms with van der Waals surface area (Å²) in [4.78, 5) is 1.26. The van der Waals surface area contributed by atoms with Crippen molar-refractivity contribution in [1.29, 1.82) is 0 Å². The monoisotopic (exact) mass is 213 g/mol. The molecular formula is C10H12ClNS. The van der Waals surface area contributed by atoms with Crippen molar-refractivity contribution in [3.8, 4) is 0 Å². The first kappa shape index (κ1) is 9.22. The van der Waals surface area contributed by atoms with E-state index in [-0.39, 0.29) is 5.54 Å². The number of nitrogens with one attached hydrogen (secondary N) is 1. The Hall–Kier alpha value is -0.340. The molecule has 0 unspecified atom stereocenters. The Labute approximate surface area is 87.9 Å². The molecule has 1 N–H and O–H groups in total. The molecule has 13 heavy (non-hydrogen) atoms. The van der Waals surface area contributed by atoms with Crippen LogP contribution >= 0.6 is 23.4 Å². The number of hydrogen-bond acceptors (Lipinski definition) is 2. The third-order valence-electron chi connectivity index (χ3n) is 2.01. The number of anilines is 1. The van der Waals surface area contributed by atoms with Gasteiger partial charge in [-0.25, -0.2) is 0 Å². The van der Waals surface area contributed by atoms with Gasteiger partial charge in [-0.15, -0.1) is 11.8 Å². The summed E-state index contributed by atoms with van der Waals surface area (Å²) in [7, 11) is 0. The van der Waals surface area contributed by atoms with Crippen LogP contribution in [-0.2, 0) is 0 Å². The van der Waals surface area contributed by atoms with Gasteiger partial charge in [0.15, 0.2) is 0 Å². The van der Waals surface area contributed by atoms with Crippen molar-refractivity contribution in [1.82, 2.24) is 0 Å². The number of hydrogen-bond donors (Lipinski definition) is 1. The molecule has 3 heteroatoms. The summed E-state index contributed by atoms with van der Waals surface area (Å²) in [6.07, 6.45) is 0. The van der Waals surface area contributed by atoms with E-state index in [9.17, 15) is 0 Å². The molecule has 1 aliphatic heterocycles. The highest BCUT2D eigenvalue weighted by Gasteiger charge is 2.24. The normalized spacial score (nSPS) is 19.0. The van der Waals surface area contributed by atoms with Crippen LogP contribution in [0, 0.1) is 0 Å². The van der Waals surface area contributed by atoms with Gasteiger partial charge in [0.2, 0.25) is 0 Å². The summed E-state index contributed by atoms with van der Waals surface area (Å²) in [6.45, 7) is 4.41. The molecule has 70 valence electrons. The van der Waals surface area contributed by atoms with Crippen LogP contribution in [0.25, 0.3) is 0 Å². The van der Waals surface area contributed by atoms with Gasteiger partial charge >= 0.3 is 0 Å². The van der Waals surface area contributed by atoms with Crippen molar-refractivity contribution in [2.45, 2.75) is 24.3 Å². The van der Waals surface area contributed by atoms with Gasteiger partial charge in [-0.1, -0.05) is 11.6 Å². The lowest BCUT2D eigenvalue weighted by Crippen LogP contribution is -2.36. The van der Waals surface area contributed by atoms with Crippen LogP contribution in [-0.4, -0.2) is 11.3 Å². The molecule has 2 rings (SSSR count). The number of thioether (sulfide) groups is 1. The molecule has 0 atom stereocenters. The summed E-state index contributed by atoms with van der Waals surface area (Å²) < 4.78 is 0. The van der Waals surface area contributed by atoms with E-state index < -0.39 is 0 Å². The quantitative estimate of drug-likeness (QED) is 0.706. The molecule has 0 bridgehead atoms. The highest BCUT2D eigenvalue weighted by Crippen LogP contribution is 2.38. The van der Waals surface area contributed by atoms with E-state index in [0.717, 1.165) is 10.8 Å². The number of rotatable bonds is 0. The zero-order chi connectivity index (χ0) is 9.47. The van der Waals surface area contributed by atoms with Gasteiger partial charge in [0.05, 0.1) is 0 Å². The van der Waals surface area contributed by atoms with Crippen molar-refractivity contribution in [2.75, 3.05) is 11.1 Å². The van der Waals surface area contributed by atoms with Crippen LogP contribution in [0.5, 0.6) is 0 Å². The lowest BCUT2D eigenvalue weighted by atomic mass is 10.1. The van der Waals surface area contributed by atoms with E-state index in [1.807, 2.05) is 30.0 Å². The van der Waals surface area contributed by atoms with Gasteiger partial charge in [-0.3, -0.25) is 0 Å². The van der Waals surface area contributed by atoms with Crippen LogP contribution in [0.3, 0.4) is 0 Å². The van der Waals surface area contributed by atoms with Crippen LogP contribution in [0.1, 0.15) is 13.8 Å². The third-order valence-corrected chi connectivity index (χ3v) is 3.76. The van der Waals surface area contributed by atoms with Gasteiger partial charge in [0, 0.05) is 26.9 Å². The number of halogens is 1. The molecule has 0 amide bonds. The standard InChI is InChI=1S/C10H12ClNS/c1-10(2)6-13-9-5-7(11)3-4-8(9)12-10/h3-5,12H,6H2,1-2H3. The molecule has 1 nitrogen and oxygen atoms in total. The second-order valence-electron chi connectivity index (χ2n) is 3.94. The maximum absolute atomic E-state index is 5.91. The largest absolute Gasteiger partial charge is 0.378 e. The zero-order valence-corrected chi connectivity index (χ0v) is 9.30. The molecule has 0 aromatic heterocycles. The van der Waals surface area contributed by atoms with E-state index in [2.05, 4.69) is 19.2 Å². The highest BCUT2D eigenvalue weighted by atomic mass is 35.5. The lowest BCUT2D eigenvalue weighted by Gasteiger charge is -2.33. The topological polar surface area (TPSA) is 12.0 Å². The number of benzene rings is 1. The molecule has 0 radical (unpaired) electrons. The Morgan fingerprint density at radius 3 is 3.00 bits per heavy atom. The summed E-state index contributed by atoms with van der Waals surface area (Å²) in [5, 5.41) is 4.30. The summed E-state index contributed by atoms with van der Waals surface area (Å²) in [6, 6.07) is 5.99. The Bertz CT molecular complexity index is 336. The summed E-state index contributed by atoms with van der Waals surface area (Å²) in [5.74, 6) is 1.08. The van der Waals surface area contributed by atoms with Crippen molar-refractivity contribution in [2.24, 2.45) is 0 Å². The molecule has 1 aromatic carbocycles. The van der Waals surface area contributed by atoms with Crippen LogP contribution in [0.4, 0.5) is 5.69 Å². The summed E-state index contributed by atoms with van der Waals surface area (Å²) >= 11 is 7.77. The van der Waals surface area contributed by atoms with Gasteiger partial charge in [0.1, 0.15) is 0 Å². The van der Waals surface area contributed by atoms with E-state index >= 15 is 0 Å². The fraction of sp³-hybridized carbons (Fsp3) is 0.400. The molecule has 0 fully saturated rings. The minimum Gasteiger partial charge on any atom is -0.378 e. The van der Waals surface area contributed by atoms with Crippen molar-refractivity contribution in [3.05, 3.63) is 23.2 Å². The van der Waals surface area contributed by atoms with E-state index in [0.29, 0.717) is 0 Å². The van der Waals surface area contributed by atoms with Gasteiger partial charge in [0.25, 0.3) is 0 Å². The Morgan fingerprint density at radius 1 is 1.46 bits per heavy atom. The second kappa shape index (κ2) is 3.10. The van der Waals surface area contributed by atoms with Gasteiger partial charge < -0.3 is 5.32 Å². The molecule has 1 aromatic rings. The first-order chi connectivity index (χ1) is 6.07. The van der Waals surface area contributed by atoms with E-state index in [1.54, 1.807) is 0 Å². The fourth-order valence-electron chi connectivity index (χ4n) is 1.38. The molecule has 0 saturated carbocycles. The molecule has 0 spiro atoms. The first-order valence-corrected chi connectivity index (χ1v) is 5.64. The van der Waals surface area contributed by atoms with Crippen molar-refractivity contribution in [3.63, 3.8) is 0 Å². The van der Waals surface area contributed by atoms with Crippen molar-refractivity contribution < 1.29 is 0 Å². The maximum Gasteiger partial charge on any atom is 0.0483 e. The smallest absolute Gasteiger partial charge is 0.0483 e. The Morgan fingerprint density at radius 2 is 2.23 bits per heavy atom. The predicted molar refractivity (Wildman–Crippen MR) is 59.9 cm³/mol. The zero-order valence-electron chi connectivity index (χ0n) is 7.73. The van der Waals surface area contributed by atoms with Gasteiger partial charge in [-0.2, -0.15) is 0 Å². The van der Waals surface area contributed by atoms with E-state index in [4.69, 9.17) is 11.6 Å². The highest BCUT2D eigenvalue weighted by molar-refractivity contribution is 7.99. The predicted octanol–water partition coefficient (Wildman–Crippen LogP) is 3.64. The second-order valence-corrected chi connectivity index (χ2v) is 5.39. The molecular weight excluding hydrogens is 202 g/mol. The first-order valence-electron chi connectivity index (χ1n) is 4.27. The minimum atomic E-state index is 0.186. The number of fused-ring (bicyclic) bond motifs is 1. The van der Waals surface area contributed by atoms with E-state index in [1.165, 1.54) is 10.6 Å². The fourth-order valence-corrected chi connectivity index (χ4v) is 2.69. The molecule has 1 aliphatic rings. The minimum absolute atomic E-state index is 0.186. The van der Waals surface area contributed by atoms with Crippen LogP contribution in [0.15, 0.2) is 23.1 Å². The Kier molecular flexibility index (Phi) is 2.20. The van der Waals surface area contributed by atoms with Crippen molar-refractivity contribution >= 4 is 29.1 Å². The van der Waals surface area contributed by atoms with Crippen LogP contribution < -0.4 is 5.32 Å². The van der Waals surface area contributed by atoms with Crippen LogP contribution in [0.2, 0.25) is 5.02 Å². The Balaban J connectivity index is 2.37. The SMILES string of the molecule is CC1(C)CSc2cc(Cl)ccc2N1. The molecule has 0 saturated heterocycles.